The van der Waals surface area contributed by atoms with Crippen LogP contribution in [-0.2, 0) is 22.6 Å². The highest BCUT2D eigenvalue weighted by Gasteiger charge is 2.32. The highest BCUT2D eigenvalue weighted by Crippen LogP contribution is 2.25. The molecule has 0 unspecified atom stereocenters. The van der Waals surface area contributed by atoms with Crippen LogP contribution in [0.2, 0.25) is 10.0 Å². The van der Waals surface area contributed by atoms with Crippen molar-refractivity contribution in [3.05, 3.63) is 99.0 Å². The Hall–Kier alpha value is -3.02. The fourth-order valence-electron chi connectivity index (χ4n) is 4.84. The van der Waals surface area contributed by atoms with E-state index in [1.54, 1.807) is 23.1 Å². The van der Waals surface area contributed by atoms with Crippen molar-refractivity contribution in [3.8, 4) is 5.75 Å². The maximum Gasteiger partial charge on any atom is 0.261 e. The topological polar surface area (TPSA) is 58.6 Å². The van der Waals surface area contributed by atoms with Crippen LogP contribution in [-0.4, -0.2) is 35.4 Å². The summed E-state index contributed by atoms with van der Waals surface area (Å²) in [6, 6.07) is 20.2. The van der Waals surface area contributed by atoms with Gasteiger partial charge in [0.05, 0.1) is 0 Å². The Morgan fingerprint density at radius 2 is 1.74 bits per heavy atom. The highest BCUT2D eigenvalue weighted by molar-refractivity contribution is 6.35. The van der Waals surface area contributed by atoms with Gasteiger partial charge in [0.15, 0.2) is 6.61 Å². The van der Waals surface area contributed by atoms with Crippen LogP contribution in [0.15, 0.2) is 66.7 Å². The largest absolute Gasteiger partial charge is 0.483 e. The van der Waals surface area contributed by atoms with E-state index in [1.165, 1.54) is 0 Å². The molecule has 1 atom stereocenters. The van der Waals surface area contributed by atoms with Crippen molar-refractivity contribution in [3.63, 3.8) is 0 Å². The number of carbonyl (C=O) groups excluding carboxylic acids is 2. The molecule has 7 heteroatoms. The standard InChI is InChI=1S/C31H34Cl2N2O3/c1-21-12-13-22(2)29(16-21)38-20-30(36)35(19-24-14-15-25(32)18-27(24)33)28(17-23-8-4-3-5-9-23)31(37)34-26-10-6-7-11-26/h3-5,8-9,12-16,18,26,28H,6-7,10-11,17,19-20H2,1-2H3,(H,34,37)/t28-/m1/s1. The molecule has 1 aliphatic rings. The van der Waals surface area contributed by atoms with Crippen LogP contribution >= 0.6 is 23.2 Å². The zero-order valence-corrected chi connectivity index (χ0v) is 23.4. The van der Waals surface area contributed by atoms with E-state index in [-0.39, 0.29) is 31.0 Å². The van der Waals surface area contributed by atoms with Crippen molar-refractivity contribution >= 4 is 35.0 Å². The molecular formula is C31H34Cl2N2O3. The zero-order valence-electron chi connectivity index (χ0n) is 21.9. The molecule has 2 amide bonds. The lowest BCUT2D eigenvalue weighted by Crippen LogP contribution is -2.53. The Labute approximate surface area is 235 Å². The van der Waals surface area contributed by atoms with Crippen molar-refractivity contribution in [2.45, 2.75) is 64.6 Å². The number of hydrogen-bond acceptors (Lipinski definition) is 3. The normalized spacial score (nSPS) is 14.2. The van der Waals surface area contributed by atoms with Crippen LogP contribution in [0.3, 0.4) is 0 Å². The Morgan fingerprint density at radius 1 is 1.00 bits per heavy atom. The number of benzene rings is 3. The first-order chi connectivity index (χ1) is 18.3. The minimum Gasteiger partial charge on any atom is -0.483 e. The summed E-state index contributed by atoms with van der Waals surface area (Å²) in [6.45, 7) is 3.88. The van der Waals surface area contributed by atoms with E-state index in [9.17, 15) is 9.59 Å². The van der Waals surface area contributed by atoms with Gasteiger partial charge in [-0.1, -0.05) is 84.6 Å². The molecule has 0 bridgehead atoms. The van der Waals surface area contributed by atoms with Crippen molar-refractivity contribution in [2.75, 3.05) is 6.61 Å². The molecule has 1 N–H and O–H groups in total. The molecule has 0 saturated heterocycles. The van der Waals surface area contributed by atoms with E-state index in [0.29, 0.717) is 27.8 Å². The molecule has 3 aromatic rings. The van der Waals surface area contributed by atoms with Gasteiger partial charge in [-0.2, -0.15) is 0 Å². The van der Waals surface area contributed by atoms with E-state index in [2.05, 4.69) is 5.32 Å². The Morgan fingerprint density at radius 3 is 2.45 bits per heavy atom. The average Bonchev–Trinajstić information content (AvgIpc) is 3.41. The predicted octanol–water partition coefficient (Wildman–Crippen LogP) is 6.69. The number of nitrogens with one attached hydrogen (secondary N) is 1. The zero-order chi connectivity index (χ0) is 27.1. The molecule has 0 radical (unpaired) electrons. The second-order valence-corrected chi connectivity index (χ2v) is 10.9. The molecule has 1 aliphatic carbocycles. The van der Waals surface area contributed by atoms with Gasteiger partial charge in [0.1, 0.15) is 11.8 Å². The van der Waals surface area contributed by atoms with Gasteiger partial charge >= 0.3 is 0 Å². The molecule has 0 aliphatic heterocycles. The molecule has 1 saturated carbocycles. The third kappa shape index (κ3) is 7.52. The predicted molar refractivity (Wildman–Crippen MR) is 153 cm³/mol. The molecule has 5 nitrogen and oxygen atoms in total. The van der Waals surface area contributed by atoms with Gasteiger partial charge in [-0.15, -0.1) is 0 Å². The molecule has 0 aromatic heterocycles. The Bertz CT molecular complexity index is 1260. The van der Waals surface area contributed by atoms with Crippen LogP contribution in [0.25, 0.3) is 0 Å². The molecule has 4 rings (SSSR count). The van der Waals surface area contributed by atoms with Crippen molar-refractivity contribution < 1.29 is 14.3 Å². The Balaban J connectivity index is 1.65. The smallest absolute Gasteiger partial charge is 0.261 e. The van der Waals surface area contributed by atoms with Gasteiger partial charge < -0.3 is 15.0 Å². The summed E-state index contributed by atoms with van der Waals surface area (Å²) in [5, 5.41) is 4.16. The molecule has 0 heterocycles. The minimum absolute atomic E-state index is 0.128. The van der Waals surface area contributed by atoms with Gasteiger partial charge in [0, 0.05) is 29.1 Å². The van der Waals surface area contributed by atoms with Gasteiger partial charge in [0.25, 0.3) is 5.91 Å². The molecule has 38 heavy (non-hydrogen) atoms. The minimum atomic E-state index is -0.737. The second-order valence-electron chi connectivity index (χ2n) is 10.0. The second kappa shape index (κ2) is 13.2. The van der Waals surface area contributed by atoms with E-state index in [1.807, 2.05) is 62.4 Å². The monoisotopic (exact) mass is 552 g/mol. The fraction of sp³-hybridized carbons (Fsp3) is 0.355. The summed E-state index contributed by atoms with van der Waals surface area (Å²) in [7, 11) is 0. The number of ether oxygens (including phenoxy) is 1. The number of amides is 2. The summed E-state index contributed by atoms with van der Waals surface area (Å²) < 4.78 is 5.98. The van der Waals surface area contributed by atoms with Gasteiger partial charge in [-0.25, -0.2) is 0 Å². The lowest BCUT2D eigenvalue weighted by atomic mass is 10.0. The third-order valence-corrected chi connectivity index (χ3v) is 7.61. The lowest BCUT2D eigenvalue weighted by molar-refractivity contribution is -0.143. The van der Waals surface area contributed by atoms with Crippen molar-refractivity contribution in [2.24, 2.45) is 0 Å². The number of hydrogen-bond donors (Lipinski definition) is 1. The molecule has 3 aromatic carbocycles. The van der Waals surface area contributed by atoms with Gasteiger partial charge in [-0.05, 0) is 67.1 Å². The van der Waals surface area contributed by atoms with Crippen LogP contribution in [0, 0.1) is 13.8 Å². The number of halogens is 2. The van der Waals surface area contributed by atoms with Crippen molar-refractivity contribution in [1.29, 1.82) is 0 Å². The Kier molecular flexibility index (Phi) is 9.70. The van der Waals surface area contributed by atoms with Gasteiger partial charge in [0.2, 0.25) is 5.91 Å². The summed E-state index contributed by atoms with van der Waals surface area (Å²) in [6.07, 6.45) is 4.48. The van der Waals surface area contributed by atoms with Crippen LogP contribution < -0.4 is 10.1 Å². The first kappa shape index (κ1) is 28.0. The first-order valence-corrected chi connectivity index (χ1v) is 13.8. The molecule has 200 valence electrons. The number of nitrogens with zero attached hydrogens (tertiary/aromatic N) is 1. The average molecular weight is 554 g/mol. The van der Waals surface area contributed by atoms with Crippen LogP contribution in [0.4, 0.5) is 0 Å². The fourth-order valence-corrected chi connectivity index (χ4v) is 5.31. The quantitative estimate of drug-likeness (QED) is 0.305. The summed E-state index contributed by atoms with van der Waals surface area (Å²) in [5.74, 6) is 0.197. The molecule has 1 fully saturated rings. The summed E-state index contributed by atoms with van der Waals surface area (Å²) in [4.78, 5) is 29.2. The maximum atomic E-state index is 13.8. The summed E-state index contributed by atoms with van der Waals surface area (Å²) >= 11 is 12.6. The number of aryl methyl sites for hydroxylation is 2. The lowest BCUT2D eigenvalue weighted by Gasteiger charge is -2.32. The highest BCUT2D eigenvalue weighted by atomic mass is 35.5. The van der Waals surface area contributed by atoms with E-state index >= 15 is 0 Å². The first-order valence-electron chi connectivity index (χ1n) is 13.1. The van der Waals surface area contributed by atoms with Crippen LogP contribution in [0.1, 0.15) is 47.9 Å². The van der Waals surface area contributed by atoms with E-state index in [0.717, 1.165) is 42.4 Å². The van der Waals surface area contributed by atoms with E-state index in [4.69, 9.17) is 27.9 Å². The molecular weight excluding hydrogens is 519 g/mol. The molecule has 0 spiro atoms. The number of carbonyl (C=O) groups is 2. The number of rotatable bonds is 10. The van der Waals surface area contributed by atoms with E-state index < -0.39 is 6.04 Å². The SMILES string of the molecule is Cc1ccc(C)c(OCC(=O)N(Cc2ccc(Cl)cc2Cl)[C@H](Cc2ccccc2)C(=O)NC2CCCC2)c1. The van der Waals surface area contributed by atoms with Crippen molar-refractivity contribution in [1.82, 2.24) is 10.2 Å². The maximum absolute atomic E-state index is 13.8. The van der Waals surface area contributed by atoms with Crippen LogP contribution in [0.5, 0.6) is 5.75 Å². The third-order valence-electron chi connectivity index (χ3n) is 7.02. The summed E-state index contributed by atoms with van der Waals surface area (Å²) in [5.41, 5.74) is 3.66. The van der Waals surface area contributed by atoms with Gasteiger partial charge in [-0.3, -0.25) is 9.59 Å².